The largest absolute Gasteiger partial charge is 0.447 e. The molecule has 0 unspecified atom stereocenters. The molecule has 0 saturated heterocycles. The van der Waals surface area contributed by atoms with E-state index in [4.69, 9.17) is 17.0 Å². The fraction of sp³-hybridized carbons (Fsp3) is 0.176. The van der Waals surface area contributed by atoms with Crippen LogP contribution in [0.3, 0.4) is 0 Å². The first-order chi connectivity index (χ1) is 11.0. The molecule has 3 N–H and O–H groups in total. The van der Waals surface area contributed by atoms with Gasteiger partial charge in [0.2, 0.25) is 0 Å². The summed E-state index contributed by atoms with van der Waals surface area (Å²) in [7, 11) is 0. The van der Waals surface area contributed by atoms with E-state index in [9.17, 15) is 4.79 Å². The SMILES string of the molecule is CC(C)OC(=O)Nc1cccc(NC(=S)Nc2ccccc2)c1. The van der Waals surface area contributed by atoms with Crippen molar-refractivity contribution >= 4 is 40.5 Å². The number of rotatable bonds is 4. The van der Waals surface area contributed by atoms with Gasteiger partial charge in [0.15, 0.2) is 5.11 Å². The van der Waals surface area contributed by atoms with Crippen molar-refractivity contribution in [2.45, 2.75) is 20.0 Å². The van der Waals surface area contributed by atoms with Gasteiger partial charge in [-0.05, 0) is 56.4 Å². The Bertz CT molecular complexity index is 675. The topological polar surface area (TPSA) is 62.4 Å². The summed E-state index contributed by atoms with van der Waals surface area (Å²) < 4.78 is 5.05. The van der Waals surface area contributed by atoms with Crippen LogP contribution in [0.25, 0.3) is 0 Å². The maximum atomic E-state index is 11.6. The number of amides is 1. The highest BCUT2D eigenvalue weighted by Gasteiger charge is 2.06. The molecule has 0 aliphatic heterocycles. The van der Waals surface area contributed by atoms with Gasteiger partial charge in [0, 0.05) is 17.1 Å². The summed E-state index contributed by atoms with van der Waals surface area (Å²) in [6.45, 7) is 3.59. The molecule has 0 saturated carbocycles. The Kier molecular flexibility index (Phi) is 5.94. The number of carbonyl (C=O) groups is 1. The fourth-order valence-corrected chi connectivity index (χ4v) is 2.09. The first-order valence-electron chi connectivity index (χ1n) is 7.23. The molecule has 2 aromatic carbocycles. The molecule has 120 valence electrons. The number of ether oxygens (including phenoxy) is 1. The third-order valence-corrected chi connectivity index (χ3v) is 2.95. The second-order valence-electron chi connectivity index (χ2n) is 5.11. The summed E-state index contributed by atoms with van der Waals surface area (Å²) in [5.41, 5.74) is 2.30. The van der Waals surface area contributed by atoms with E-state index >= 15 is 0 Å². The molecule has 0 spiro atoms. The van der Waals surface area contributed by atoms with E-state index in [1.54, 1.807) is 26.0 Å². The van der Waals surface area contributed by atoms with Crippen molar-refractivity contribution in [3.05, 3.63) is 54.6 Å². The Hall–Kier alpha value is -2.60. The van der Waals surface area contributed by atoms with E-state index in [1.165, 1.54) is 0 Å². The van der Waals surface area contributed by atoms with Crippen LogP contribution in [0.1, 0.15) is 13.8 Å². The Morgan fingerprint density at radius 2 is 1.48 bits per heavy atom. The molecule has 0 heterocycles. The number of thiocarbonyl (C=S) groups is 1. The number of hydrogen-bond acceptors (Lipinski definition) is 3. The molecule has 0 aliphatic carbocycles. The maximum absolute atomic E-state index is 11.6. The van der Waals surface area contributed by atoms with Gasteiger partial charge >= 0.3 is 6.09 Å². The van der Waals surface area contributed by atoms with Crippen LogP contribution in [-0.2, 0) is 4.74 Å². The van der Waals surface area contributed by atoms with Gasteiger partial charge < -0.3 is 15.4 Å². The third-order valence-electron chi connectivity index (χ3n) is 2.74. The van der Waals surface area contributed by atoms with Crippen LogP contribution >= 0.6 is 12.2 Å². The van der Waals surface area contributed by atoms with Gasteiger partial charge in [-0.3, -0.25) is 5.32 Å². The summed E-state index contributed by atoms with van der Waals surface area (Å²) in [6, 6.07) is 16.9. The Balaban J connectivity index is 1.94. The molecular formula is C17H19N3O2S. The summed E-state index contributed by atoms with van der Waals surface area (Å²) in [5, 5.41) is 9.30. The number of anilines is 3. The highest BCUT2D eigenvalue weighted by molar-refractivity contribution is 7.80. The monoisotopic (exact) mass is 329 g/mol. The predicted octanol–water partition coefficient (Wildman–Crippen LogP) is 4.45. The van der Waals surface area contributed by atoms with Crippen LogP contribution in [0, 0.1) is 0 Å². The zero-order valence-corrected chi connectivity index (χ0v) is 13.8. The average Bonchev–Trinajstić information content (AvgIpc) is 2.47. The highest BCUT2D eigenvalue weighted by atomic mass is 32.1. The van der Waals surface area contributed by atoms with E-state index in [0.717, 1.165) is 11.4 Å². The van der Waals surface area contributed by atoms with Crippen LogP contribution in [0.5, 0.6) is 0 Å². The smallest absolute Gasteiger partial charge is 0.411 e. The van der Waals surface area contributed by atoms with Crippen molar-refractivity contribution < 1.29 is 9.53 Å². The van der Waals surface area contributed by atoms with Crippen molar-refractivity contribution in [2.24, 2.45) is 0 Å². The summed E-state index contributed by atoms with van der Waals surface area (Å²) in [6.07, 6.45) is -0.652. The molecule has 5 nitrogen and oxygen atoms in total. The average molecular weight is 329 g/mol. The summed E-state index contributed by atoms with van der Waals surface area (Å²) in [4.78, 5) is 11.6. The lowest BCUT2D eigenvalue weighted by Crippen LogP contribution is -2.20. The molecule has 0 bridgehead atoms. The van der Waals surface area contributed by atoms with Crippen molar-refractivity contribution in [3.8, 4) is 0 Å². The second-order valence-corrected chi connectivity index (χ2v) is 5.51. The molecule has 2 aromatic rings. The molecule has 0 fully saturated rings. The maximum Gasteiger partial charge on any atom is 0.411 e. The lowest BCUT2D eigenvalue weighted by molar-refractivity contribution is 0.130. The van der Waals surface area contributed by atoms with Crippen LogP contribution in [-0.4, -0.2) is 17.3 Å². The van der Waals surface area contributed by atoms with Gasteiger partial charge in [0.25, 0.3) is 0 Å². The number of benzene rings is 2. The van der Waals surface area contributed by atoms with E-state index in [-0.39, 0.29) is 6.10 Å². The van der Waals surface area contributed by atoms with Crippen LogP contribution < -0.4 is 16.0 Å². The van der Waals surface area contributed by atoms with E-state index < -0.39 is 6.09 Å². The van der Waals surface area contributed by atoms with Gasteiger partial charge in [-0.1, -0.05) is 24.3 Å². The number of carbonyl (C=O) groups excluding carboxylic acids is 1. The van der Waals surface area contributed by atoms with E-state index in [2.05, 4.69) is 16.0 Å². The highest BCUT2D eigenvalue weighted by Crippen LogP contribution is 2.16. The fourth-order valence-electron chi connectivity index (χ4n) is 1.85. The zero-order valence-electron chi connectivity index (χ0n) is 13.0. The van der Waals surface area contributed by atoms with Crippen molar-refractivity contribution in [1.29, 1.82) is 0 Å². The standard InChI is InChI=1S/C17H19N3O2S/c1-12(2)22-17(21)20-15-10-6-9-14(11-15)19-16(23)18-13-7-4-3-5-8-13/h3-12H,1-2H3,(H,20,21)(H2,18,19,23). The first-order valence-corrected chi connectivity index (χ1v) is 7.64. The minimum Gasteiger partial charge on any atom is -0.447 e. The van der Waals surface area contributed by atoms with Crippen molar-refractivity contribution in [1.82, 2.24) is 0 Å². The number of hydrogen-bond donors (Lipinski definition) is 3. The molecule has 0 aromatic heterocycles. The minimum atomic E-state index is -0.484. The van der Waals surface area contributed by atoms with Gasteiger partial charge in [0.1, 0.15) is 0 Å². The first kappa shape index (κ1) is 16.8. The van der Waals surface area contributed by atoms with E-state index in [1.807, 2.05) is 42.5 Å². The van der Waals surface area contributed by atoms with Crippen molar-refractivity contribution in [3.63, 3.8) is 0 Å². The molecule has 2 rings (SSSR count). The molecule has 6 heteroatoms. The van der Waals surface area contributed by atoms with Gasteiger partial charge in [-0.2, -0.15) is 0 Å². The zero-order chi connectivity index (χ0) is 16.7. The molecule has 0 radical (unpaired) electrons. The molecule has 0 atom stereocenters. The van der Waals surface area contributed by atoms with E-state index in [0.29, 0.717) is 10.8 Å². The Morgan fingerprint density at radius 3 is 2.13 bits per heavy atom. The summed E-state index contributed by atoms with van der Waals surface area (Å²) >= 11 is 5.27. The van der Waals surface area contributed by atoms with Crippen LogP contribution in [0.4, 0.5) is 21.9 Å². The van der Waals surface area contributed by atoms with Crippen LogP contribution in [0.15, 0.2) is 54.6 Å². The number of para-hydroxylation sites is 1. The lowest BCUT2D eigenvalue weighted by Gasteiger charge is -2.13. The molecule has 0 aliphatic rings. The van der Waals surface area contributed by atoms with Crippen LogP contribution in [0.2, 0.25) is 0 Å². The Morgan fingerprint density at radius 1 is 0.913 bits per heavy atom. The third kappa shape index (κ3) is 5.96. The molecule has 23 heavy (non-hydrogen) atoms. The number of nitrogens with one attached hydrogen (secondary N) is 3. The van der Waals surface area contributed by atoms with Gasteiger partial charge in [0.05, 0.1) is 6.10 Å². The Labute approximate surface area is 141 Å². The van der Waals surface area contributed by atoms with Gasteiger partial charge in [-0.15, -0.1) is 0 Å². The van der Waals surface area contributed by atoms with Crippen molar-refractivity contribution in [2.75, 3.05) is 16.0 Å². The summed E-state index contributed by atoms with van der Waals surface area (Å²) in [5.74, 6) is 0. The predicted molar refractivity (Wildman–Crippen MR) is 98.0 cm³/mol. The normalized spacial score (nSPS) is 10.0. The second kappa shape index (κ2) is 8.14. The van der Waals surface area contributed by atoms with Gasteiger partial charge in [-0.25, -0.2) is 4.79 Å². The lowest BCUT2D eigenvalue weighted by atomic mass is 10.3. The molecular weight excluding hydrogens is 310 g/mol. The molecule has 1 amide bonds. The minimum absolute atomic E-state index is 0.168. The quantitative estimate of drug-likeness (QED) is 0.723.